The maximum absolute atomic E-state index is 13.2. The number of benzene rings is 2. The molecule has 2 aliphatic rings. The van der Waals surface area contributed by atoms with Crippen molar-refractivity contribution in [1.82, 2.24) is 15.5 Å². The molecule has 2 aromatic rings. The van der Waals surface area contributed by atoms with E-state index in [1.54, 1.807) is 24.3 Å². The van der Waals surface area contributed by atoms with E-state index in [1.807, 2.05) is 0 Å². The minimum Gasteiger partial charge on any atom is -0.349 e. The number of hydrogen-bond acceptors (Lipinski definition) is 4. The number of carbonyl (C=O) groups is 4. The Bertz CT molecular complexity index is 1050. The maximum Gasteiger partial charge on any atom is 0.325 e. The van der Waals surface area contributed by atoms with Gasteiger partial charge < -0.3 is 16.0 Å². The largest absolute Gasteiger partial charge is 0.349 e. The Labute approximate surface area is 177 Å². The van der Waals surface area contributed by atoms with Gasteiger partial charge in [-0.2, -0.15) is 0 Å². The molecule has 31 heavy (non-hydrogen) atoms. The molecule has 0 spiro atoms. The first-order valence-corrected chi connectivity index (χ1v) is 9.87. The van der Waals surface area contributed by atoms with Crippen molar-refractivity contribution in [3.05, 3.63) is 65.5 Å². The van der Waals surface area contributed by atoms with E-state index in [4.69, 9.17) is 0 Å². The molecule has 1 saturated carbocycles. The summed E-state index contributed by atoms with van der Waals surface area (Å²) in [5.41, 5.74) is -0.0626. The third-order valence-electron chi connectivity index (χ3n) is 5.34. The number of nitrogens with one attached hydrogen (secondary N) is 3. The Hall–Kier alpha value is -3.75. The van der Waals surface area contributed by atoms with Crippen molar-refractivity contribution in [3.8, 4) is 0 Å². The Morgan fingerprint density at radius 3 is 2.35 bits per heavy atom. The quantitative estimate of drug-likeness (QED) is 0.618. The molecule has 0 aromatic heterocycles. The van der Waals surface area contributed by atoms with Gasteiger partial charge in [-0.15, -0.1) is 0 Å². The smallest absolute Gasteiger partial charge is 0.325 e. The van der Waals surface area contributed by atoms with Gasteiger partial charge in [0.1, 0.15) is 17.9 Å². The highest BCUT2D eigenvalue weighted by Gasteiger charge is 2.49. The second-order valence-electron chi connectivity index (χ2n) is 7.83. The van der Waals surface area contributed by atoms with Crippen LogP contribution < -0.4 is 16.0 Å². The summed E-state index contributed by atoms with van der Waals surface area (Å²) in [5.74, 6) is -1.80. The molecule has 1 saturated heterocycles. The third kappa shape index (κ3) is 4.25. The Kier molecular flexibility index (Phi) is 5.18. The highest BCUT2D eigenvalue weighted by Crippen LogP contribution is 2.29. The van der Waals surface area contributed by atoms with E-state index in [9.17, 15) is 23.6 Å². The van der Waals surface area contributed by atoms with Gasteiger partial charge in [0.05, 0.1) is 0 Å². The van der Waals surface area contributed by atoms with Crippen LogP contribution in [0.2, 0.25) is 0 Å². The fraction of sp³-hybridized carbons (Fsp3) is 0.273. The summed E-state index contributed by atoms with van der Waals surface area (Å²) in [6, 6.07) is 11.1. The van der Waals surface area contributed by atoms with Gasteiger partial charge in [-0.3, -0.25) is 19.3 Å². The normalized spacial score (nSPS) is 20.4. The van der Waals surface area contributed by atoms with Crippen LogP contribution in [0.1, 0.15) is 35.7 Å². The topological polar surface area (TPSA) is 108 Å². The lowest BCUT2D eigenvalue weighted by molar-refractivity contribution is -0.133. The molecule has 5 amide bonds. The monoisotopic (exact) mass is 424 g/mol. The number of carbonyl (C=O) groups excluding carboxylic acids is 4. The average Bonchev–Trinajstić information content (AvgIpc) is 3.52. The molecule has 2 fully saturated rings. The number of anilines is 1. The minimum atomic E-state index is -1.39. The second-order valence-corrected chi connectivity index (χ2v) is 7.83. The van der Waals surface area contributed by atoms with E-state index in [1.165, 1.54) is 31.2 Å². The number of halogens is 1. The van der Waals surface area contributed by atoms with Crippen molar-refractivity contribution >= 4 is 29.4 Å². The van der Waals surface area contributed by atoms with Crippen LogP contribution in [0.25, 0.3) is 0 Å². The first kappa shape index (κ1) is 20.5. The van der Waals surface area contributed by atoms with Crippen molar-refractivity contribution in [2.24, 2.45) is 0 Å². The van der Waals surface area contributed by atoms with Gasteiger partial charge in [-0.05, 0) is 61.7 Å². The molecule has 9 heteroatoms. The molecule has 0 bridgehead atoms. The van der Waals surface area contributed by atoms with Gasteiger partial charge in [-0.1, -0.05) is 12.1 Å². The standard InChI is InChI=1S/C22H21FN4O4/c1-22(14-4-6-15(23)7-5-14)20(30)27(21(31)26-22)12-18(28)24-16-8-2-13(3-9-16)19(29)25-17-10-11-17/h2-9,17H,10-12H2,1H3,(H,24,28)(H,25,29)(H,26,31). The molecule has 4 rings (SSSR count). The van der Waals surface area contributed by atoms with Crippen molar-refractivity contribution in [3.63, 3.8) is 0 Å². The van der Waals surface area contributed by atoms with E-state index < -0.39 is 35.7 Å². The fourth-order valence-electron chi connectivity index (χ4n) is 3.36. The summed E-state index contributed by atoms with van der Waals surface area (Å²) in [6.07, 6.45) is 1.98. The zero-order valence-corrected chi connectivity index (χ0v) is 16.8. The average molecular weight is 424 g/mol. The zero-order chi connectivity index (χ0) is 22.2. The molecule has 160 valence electrons. The minimum absolute atomic E-state index is 0.167. The molecular weight excluding hydrogens is 403 g/mol. The number of hydrogen-bond donors (Lipinski definition) is 3. The molecule has 1 aliphatic heterocycles. The predicted molar refractivity (Wildman–Crippen MR) is 110 cm³/mol. The van der Waals surface area contributed by atoms with Crippen molar-refractivity contribution in [2.45, 2.75) is 31.3 Å². The Morgan fingerprint density at radius 2 is 1.74 bits per heavy atom. The lowest BCUT2D eigenvalue weighted by atomic mass is 9.92. The summed E-state index contributed by atoms with van der Waals surface area (Å²) in [7, 11) is 0. The SMILES string of the molecule is CC1(c2ccc(F)cc2)NC(=O)N(CC(=O)Nc2ccc(C(=O)NC3CC3)cc2)C1=O. The number of nitrogens with zero attached hydrogens (tertiary/aromatic N) is 1. The number of rotatable bonds is 6. The summed E-state index contributed by atoms with van der Waals surface area (Å²) < 4.78 is 13.2. The molecule has 0 radical (unpaired) electrons. The zero-order valence-electron chi connectivity index (χ0n) is 16.8. The number of imide groups is 1. The van der Waals surface area contributed by atoms with Crippen molar-refractivity contribution in [1.29, 1.82) is 0 Å². The summed E-state index contributed by atoms with van der Waals surface area (Å²) in [6.45, 7) is 1.02. The Balaban J connectivity index is 1.39. The van der Waals surface area contributed by atoms with Gasteiger partial charge in [0.25, 0.3) is 11.8 Å². The fourth-order valence-corrected chi connectivity index (χ4v) is 3.36. The number of urea groups is 1. The first-order valence-electron chi connectivity index (χ1n) is 9.87. The molecule has 2 aromatic carbocycles. The molecule has 8 nitrogen and oxygen atoms in total. The molecule has 3 N–H and O–H groups in total. The molecule has 1 atom stereocenters. The van der Waals surface area contributed by atoms with Gasteiger partial charge in [-0.25, -0.2) is 9.18 Å². The molecular formula is C22H21FN4O4. The van der Waals surface area contributed by atoms with E-state index in [2.05, 4.69) is 16.0 Å². The predicted octanol–water partition coefficient (Wildman–Crippen LogP) is 2.12. The van der Waals surface area contributed by atoms with Crippen LogP contribution in [0.15, 0.2) is 48.5 Å². The third-order valence-corrected chi connectivity index (χ3v) is 5.34. The van der Waals surface area contributed by atoms with Crippen LogP contribution in [0.5, 0.6) is 0 Å². The lowest BCUT2D eigenvalue weighted by Gasteiger charge is -2.22. The van der Waals surface area contributed by atoms with Crippen LogP contribution in [0, 0.1) is 5.82 Å². The van der Waals surface area contributed by atoms with Gasteiger partial charge in [0.2, 0.25) is 5.91 Å². The number of amides is 5. The van der Waals surface area contributed by atoms with Crippen LogP contribution in [-0.4, -0.2) is 41.2 Å². The van der Waals surface area contributed by atoms with Gasteiger partial charge in [0, 0.05) is 17.3 Å². The highest BCUT2D eigenvalue weighted by atomic mass is 19.1. The van der Waals surface area contributed by atoms with E-state index in [-0.39, 0.29) is 11.9 Å². The van der Waals surface area contributed by atoms with E-state index >= 15 is 0 Å². The van der Waals surface area contributed by atoms with Gasteiger partial charge >= 0.3 is 6.03 Å². The van der Waals surface area contributed by atoms with Crippen molar-refractivity contribution in [2.75, 3.05) is 11.9 Å². The molecule has 1 aliphatic carbocycles. The second kappa shape index (κ2) is 7.82. The summed E-state index contributed by atoms with van der Waals surface area (Å²) >= 11 is 0. The van der Waals surface area contributed by atoms with E-state index in [0.717, 1.165) is 17.7 Å². The van der Waals surface area contributed by atoms with E-state index in [0.29, 0.717) is 16.8 Å². The first-order chi connectivity index (χ1) is 14.8. The maximum atomic E-state index is 13.2. The lowest BCUT2D eigenvalue weighted by Crippen LogP contribution is -2.42. The summed E-state index contributed by atoms with van der Waals surface area (Å²) in [4.78, 5) is 50.4. The van der Waals surface area contributed by atoms with Crippen LogP contribution in [0.3, 0.4) is 0 Å². The van der Waals surface area contributed by atoms with Crippen molar-refractivity contribution < 1.29 is 23.6 Å². The highest BCUT2D eigenvalue weighted by molar-refractivity contribution is 6.10. The van der Waals surface area contributed by atoms with Crippen LogP contribution in [0.4, 0.5) is 14.9 Å². The van der Waals surface area contributed by atoms with Crippen LogP contribution in [-0.2, 0) is 15.1 Å². The van der Waals surface area contributed by atoms with Gasteiger partial charge in [0.15, 0.2) is 0 Å². The summed E-state index contributed by atoms with van der Waals surface area (Å²) in [5, 5.41) is 8.05. The van der Waals surface area contributed by atoms with Crippen LogP contribution >= 0.6 is 0 Å². The molecule has 1 heterocycles. The Morgan fingerprint density at radius 1 is 1.10 bits per heavy atom. The molecule has 1 unspecified atom stereocenters.